The molecule has 2 rings (SSSR count). The predicted molar refractivity (Wildman–Crippen MR) is 87.3 cm³/mol. The minimum absolute atomic E-state index is 0. The summed E-state index contributed by atoms with van der Waals surface area (Å²) in [5, 5.41) is 3.24. The number of rotatable bonds is 4. The van der Waals surface area contributed by atoms with Crippen LogP contribution in [0.1, 0.15) is 32.3 Å². The van der Waals surface area contributed by atoms with Crippen molar-refractivity contribution in [3.63, 3.8) is 0 Å². The van der Waals surface area contributed by atoms with Gasteiger partial charge in [-0.1, -0.05) is 26.0 Å². The molecule has 1 unspecified atom stereocenters. The van der Waals surface area contributed by atoms with Crippen LogP contribution in [0.2, 0.25) is 0 Å². The maximum atomic E-state index is 12.3. The van der Waals surface area contributed by atoms with Crippen LogP contribution in [0.25, 0.3) is 0 Å². The molecule has 5 heteroatoms. The Morgan fingerprint density at radius 1 is 1.24 bits per heavy atom. The lowest BCUT2D eigenvalue weighted by Crippen LogP contribution is -2.50. The standard InChI is InChI=1S/C16H24N2O2.ClH/c1-12(2)14-5-4-6-15(11-14)20-13(3)16(19)18-9-7-17-8-10-18;/h4-6,11-13,17H,7-10H2,1-3H3;1H. The van der Waals surface area contributed by atoms with E-state index in [2.05, 4.69) is 25.2 Å². The molecule has 1 amide bonds. The van der Waals surface area contributed by atoms with E-state index < -0.39 is 6.10 Å². The van der Waals surface area contributed by atoms with Crippen LogP contribution < -0.4 is 10.1 Å². The highest BCUT2D eigenvalue weighted by molar-refractivity contribution is 5.85. The highest BCUT2D eigenvalue weighted by Crippen LogP contribution is 2.21. The first kappa shape index (κ1) is 17.8. The molecule has 0 aromatic heterocycles. The number of nitrogens with one attached hydrogen (secondary N) is 1. The Balaban J connectivity index is 0.00000220. The van der Waals surface area contributed by atoms with Crippen molar-refractivity contribution in [3.8, 4) is 5.75 Å². The summed E-state index contributed by atoms with van der Waals surface area (Å²) < 4.78 is 5.81. The largest absolute Gasteiger partial charge is 0.481 e. The van der Waals surface area contributed by atoms with E-state index >= 15 is 0 Å². The molecular formula is C16H25ClN2O2. The first-order valence-electron chi connectivity index (χ1n) is 7.34. The second kappa shape index (κ2) is 8.25. The average molecular weight is 313 g/mol. The molecule has 1 saturated heterocycles. The third kappa shape index (κ3) is 4.90. The summed E-state index contributed by atoms with van der Waals surface area (Å²) in [6.45, 7) is 9.37. The van der Waals surface area contributed by atoms with Gasteiger partial charge in [-0.05, 0) is 30.5 Å². The van der Waals surface area contributed by atoms with E-state index in [1.165, 1.54) is 5.56 Å². The molecule has 1 aromatic carbocycles. The summed E-state index contributed by atoms with van der Waals surface area (Å²) in [4.78, 5) is 14.2. The molecule has 1 atom stereocenters. The summed E-state index contributed by atoms with van der Waals surface area (Å²) in [6, 6.07) is 7.99. The highest BCUT2D eigenvalue weighted by atomic mass is 35.5. The fourth-order valence-corrected chi connectivity index (χ4v) is 2.34. The number of carbonyl (C=O) groups is 1. The number of ether oxygens (including phenoxy) is 1. The lowest BCUT2D eigenvalue weighted by molar-refractivity contribution is -0.138. The van der Waals surface area contributed by atoms with Crippen LogP contribution >= 0.6 is 12.4 Å². The van der Waals surface area contributed by atoms with Gasteiger partial charge in [-0.15, -0.1) is 12.4 Å². The van der Waals surface area contributed by atoms with Crippen molar-refractivity contribution in [3.05, 3.63) is 29.8 Å². The summed E-state index contributed by atoms with van der Waals surface area (Å²) in [5.41, 5.74) is 1.23. The molecule has 1 aliphatic rings. The van der Waals surface area contributed by atoms with Gasteiger partial charge in [0.2, 0.25) is 0 Å². The number of benzene rings is 1. The number of halogens is 1. The minimum Gasteiger partial charge on any atom is -0.481 e. The fourth-order valence-electron chi connectivity index (χ4n) is 2.34. The van der Waals surface area contributed by atoms with Crippen LogP contribution in [-0.4, -0.2) is 43.1 Å². The van der Waals surface area contributed by atoms with Crippen molar-refractivity contribution in [1.82, 2.24) is 10.2 Å². The van der Waals surface area contributed by atoms with Gasteiger partial charge >= 0.3 is 0 Å². The molecule has 0 radical (unpaired) electrons. The summed E-state index contributed by atoms with van der Waals surface area (Å²) in [6.07, 6.45) is -0.435. The van der Waals surface area contributed by atoms with E-state index in [1.54, 1.807) is 0 Å². The quantitative estimate of drug-likeness (QED) is 0.928. The molecule has 0 saturated carbocycles. The average Bonchev–Trinajstić information content (AvgIpc) is 2.47. The van der Waals surface area contributed by atoms with E-state index in [9.17, 15) is 4.79 Å². The maximum Gasteiger partial charge on any atom is 0.263 e. The fraction of sp³-hybridized carbons (Fsp3) is 0.562. The predicted octanol–water partition coefficient (Wildman–Crippen LogP) is 2.43. The third-order valence-corrected chi connectivity index (χ3v) is 3.61. The number of hydrogen-bond acceptors (Lipinski definition) is 3. The topological polar surface area (TPSA) is 41.6 Å². The van der Waals surface area contributed by atoms with E-state index in [1.807, 2.05) is 30.0 Å². The van der Waals surface area contributed by atoms with Crippen molar-refractivity contribution >= 4 is 18.3 Å². The normalized spacial score (nSPS) is 16.3. The molecule has 0 bridgehead atoms. The van der Waals surface area contributed by atoms with Crippen LogP contribution in [0, 0.1) is 0 Å². The lowest BCUT2D eigenvalue weighted by atomic mass is 10.0. The van der Waals surface area contributed by atoms with Crippen molar-refractivity contribution in [1.29, 1.82) is 0 Å². The summed E-state index contributed by atoms with van der Waals surface area (Å²) in [7, 11) is 0. The van der Waals surface area contributed by atoms with Gasteiger partial charge in [0.1, 0.15) is 5.75 Å². The smallest absolute Gasteiger partial charge is 0.263 e. The van der Waals surface area contributed by atoms with Gasteiger partial charge < -0.3 is 15.0 Å². The monoisotopic (exact) mass is 312 g/mol. The van der Waals surface area contributed by atoms with Gasteiger partial charge in [-0.25, -0.2) is 0 Å². The lowest BCUT2D eigenvalue weighted by Gasteiger charge is -2.29. The van der Waals surface area contributed by atoms with Crippen molar-refractivity contribution in [2.75, 3.05) is 26.2 Å². The maximum absolute atomic E-state index is 12.3. The molecule has 1 fully saturated rings. The first-order valence-corrected chi connectivity index (χ1v) is 7.34. The van der Waals surface area contributed by atoms with E-state index in [0.29, 0.717) is 5.92 Å². The second-order valence-corrected chi connectivity index (χ2v) is 5.56. The molecule has 1 aliphatic heterocycles. The molecule has 1 N–H and O–H groups in total. The van der Waals surface area contributed by atoms with Gasteiger partial charge in [-0.3, -0.25) is 4.79 Å². The van der Waals surface area contributed by atoms with Gasteiger partial charge in [0, 0.05) is 26.2 Å². The molecule has 0 spiro atoms. The van der Waals surface area contributed by atoms with Crippen molar-refractivity contribution < 1.29 is 9.53 Å². The number of hydrogen-bond donors (Lipinski definition) is 1. The van der Waals surface area contributed by atoms with Gasteiger partial charge in [-0.2, -0.15) is 0 Å². The summed E-state index contributed by atoms with van der Waals surface area (Å²) in [5.74, 6) is 1.30. The van der Waals surface area contributed by atoms with Crippen LogP contribution in [0.15, 0.2) is 24.3 Å². The van der Waals surface area contributed by atoms with Crippen molar-refractivity contribution in [2.24, 2.45) is 0 Å². The van der Waals surface area contributed by atoms with Crippen LogP contribution in [0.3, 0.4) is 0 Å². The van der Waals surface area contributed by atoms with Gasteiger partial charge in [0.15, 0.2) is 6.10 Å². The van der Waals surface area contributed by atoms with E-state index in [4.69, 9.17) is 4.74 Å². The SMILES string of the molecule is CC(Oc1cccc(C(C)C)c1)C(=O)N1CCNCC1.Cl. The molecule has 21 heavy (non-hydrogen) atoms. The van der Waals surface area contributed by atoms with Crippen molar-refractivity contribution in [2.45, 2.75) is 32.8 Å². The Hall–Kier alpha value is -1.26. The Bertz CT molecular complexity index is 459. The van der Waals surface area contributed by atoms with Crippen LogP contribution in [-0.2, 0) is 4.79 Å². The molecule has 118 valence electrons. The minimum atomic E-state index is -0.435. The van der Waals surface area contributed by atoms with E-state index in [0.717, 1.165) is 31.9 Å². The zero-order valence-electron chi connectivity index (χ0n) is 13.0. The number of nitrogens with zero attached hydrogens (tertiary/aromatic N) is 1. The molecular weight excluding hydrogens is 288 g/mol. The number of piperazine rings is 1. The van der Waals surface area contributed by atoms with Gasteiger partial charge in [0.25, 0.3) is 5.91 Å². The van der Waals surface area contributed by atoms with Gasteiger partial charge in [0.05, 0.1) is 0 Å². The number of carbonyl (C=O) groups excluding carboxylic acids is 1. The second-order valence-electron chi connectivity index (χ2n) is 5.56. The zero-order valence-corrected chi connectivity index (χ0v) is 13.8. The molecule has 4 nitrogen and oxygen atoms in total. The Morgan fingerprint density at radius 2 is 1.90 bits per heavy atom. The molecule has 0 aliphatic carbocycles. The number of amides is 1. The Morgan fingerprint density at radius 3 is 2.52 bits per heavy atom. The molecule has 1 aromatic rings. The Labute approximate surface area is 133 Å². The van der Waals surface area contributed by atoms with Crippen LogP contribution in [0.4, 0.5) is 0 Å². The summed E-state index contributed by atoms with van der Waals surface area (Å²) >= 11 is 0. The Kier molecular flexibility index (Phi) is 6.99. The molecule has 1 heterocycles. The zero-order chi connectivity index (χ0) is 14.5. The first-order chi connectivity index (χ1) is 9.58. The van der Waals surface area contributed by atoms with Crippen LogP contribution in [0.5, 0.6) is 5.75 Å². The van der Waals surface area contributed by atoms with E-state index in [-0.39, 0.29) is 18.3 Å². The third-order valence-electron chi connectivity index (χ3n) is 3.61. The highest BCUT2D eigenvalue weighted by Gasteiger charge is 2.23.